The Balaban J connectivity index is 3.07. The summed E-state index contributed by atoms with van der Waals surface area (Å²) in [4.78, 5) is 11.3. The van der Waals surface area contributed by atoms with Crippen molar-refractivity contribution >= 4 is 29.1 Å². The largest absolute Gasteiger partial charge is 0.506 e. The summed E-state index contributed by atoms with van der Waals surface area (Å²) in [5.74, 6) is -0.368. The van der Waals surface area contributed by atoms with E-state index in [-0.39, 0.29) is 29.3 Å². The van der Waals surface area contributed by atoms with Crippen molar-refractivity contribution in [2.75, 3.05) is 6.54 Å². The van der Waals surface area contributed by atoms with Crippen molar-refractivity contribution in [3.8, 4) is 5.75 Å². The molecule has 1 amide bonds. The number of carbonyl (C=O) groups excluding carboxylic acids is 1. The second-order valence-electron chi connectivity index (χ2n) is 3.56. The average Bonchev–Trinajstić information content (AvgIpc) is 2.30. The number of aromatic hydroxyl groups is 1. The topological polar surface area (TPSA) is 75.4 Å². The third-order valence-corrected chi connectivity index (χ3v) is 2.87. The maximum Gasteiger partial charge on any atom is 0.234 e. The molecule has 1 aromatic carbocycles. The van der Waals surface area contributed by atoms with E-state index in [9.17, 15) is 9.90 Å². The Bertz CT molecular complexity index is 424. The highest BCUT2D eigenvalue weighted by molar-refractivity contribution is 6.35. The van der Waals surface area contributed by atoms with Gasteiger partial charge < -0.3 is 16.2 Å². The summed E-state index contributed by atoms with van der Waals surface area (Å²) in [6.07, 6.45) is 0.593. The quantitative estimate of drug-likeness (QED) is 0.790. The van der Waals surface area contributed by atoms with Crippen LogP contribution in [-0.4, -0.2) is 17.6 Å². The highest BCUT2D eigenvalue weighted by Crippen LogP contribution is 2.35. The molecule has 1 rings (SSSR count). The molecule has 0 aliphatic carbocycles. The van der Waals surface area contributed by atoms with Gasteiger partial charge in [0.15, 0.2) is 0 Å². The molecule has 17 heavy (non-hydrogen) atoms. The number of benzene rings is 1. The normalized spacial score (nSPS) is 12.2. The van der Waals surface area contributed by atoms with Crippen LogP contribution in [0.25, 0.3) is 0 Å². The van der Waals surface area contributed by atoms with Crippen LogP contribution in [0.3, 0.4) is 0 Å². The highest BCUT2D eigenvalue weighted by atomic mass is 35.5. The van der Waals surface area contributed by atoms with E-state index in [1.165, 1.54) is 6.07 Å². The Hall–Kier alpha value is -0.970. The fourth-order valence-corrected chi connectivity index (χ4v) is 2.01. The zero-order valence-corrected chi connectivity index (χ0v) is 10.8. The van der Waals surface area contributed by atoms with Gasteiger partial charge in [0.05, 0.1) is 17.6 Å². The number of amides is 1. The standard InChI is InChI=1S/C11H14Cl2N2O2/c1-2-9(15-10(16)5-14)7-3-6(12)4-8(13)11(7)17/h3-4,9,17H,2,5,14H2,1H3,(H,15,16)/t9-/m0/s1. The smallest absolute Gasteiger partial charge is 0.234 e. The van der Waals surface area contributed by atoms with Gasteiger partial charge >= 0.3 is 0 Å². The monoisotopic (exact) mass is 276 g/mol. The lowest BCUT2D eigenvalue weighted by Crippen LogP contribution is -2.33. The van der Waals surface area contributed by atoms with Crippen LogP contribution in [0.5, 0.6) is 5.75 Å². The van der Waals surface area contributed by atoms with Gasteiger partial charge in [-0.3, -0.25) is 4.79 Å². The third kappa shape index (κ3) is 3.49. The highest BCUT2D eigenvalue weighted by Gasteiger charge is 2.18. The molecule has 0 aromatic heterocycles. The minimum absolute atomic E-state index is 0.0692. The molecule has 0 radical (unpaired) electrons. The number of nitrogens with one attached hydrogen (secondary N) is 1. The van der Waals surface area contributed by atoms with Crippen molar-refractivity contribution in [2.45, 2.75) is 19.4 Å². The van der Waals surface area contributed by atoms with Crippen molar-refractivity contribution in [1.82, 2.24) is 5.32 Å². The molecule has 0 bridgehead atoms. The number of nitrogens with two attached hydrogens (primary N) is 1. The lowest BCUT2D eigenvalue weighted by Gasteiger charge is -2.19. The van der Waals surface area contributed by atoms with Gasteiger partial charge in [-0.2, -0.15) is 0 Å². The van der Waals surface area contributed by atoms with Gasteiger partial charge in [-0.1, -0.05) is 30.1 Å². The summed E-state index contributed by atoms with van der Waals surface area (Å²) >= 11 is 11.7. The minimum atomic E-state index is -0.359. The summed E-state index contributed by atoms with van der Waals surface area (Å²) in [7, 11) is 0. The maximum absolute atomic E-state index is 11.3. The lowest BCUT2D eigenvalue weighted by atomic mass is 10.0. The number of rotatable bonds is 4. The van der Waals surface area contributed by atoms with Crippen LogP contribution in [0.15, 0.2) is 12.1 Å². The number of hydrogen-bond donors (Lipinski definition) is 3. The predicted octanol–water partition coefficient (Wildman–Crippen LogP) is 2.23. The lowest BCUT2D eigenvalue weighted by molar-refractivity contribution is -0.120. The average molecular weight is 277 g/mol. The van der Waals surface area contributed by atoms with Crippen LogP contribution in [0.1, 0.15) is 24.9 Å². The summed E-state index contributed by atoms with van der Waals surface area (Å²) in [6.45, 7) is 1.77. The number of hydrogen-bond acceptors (Lipinski definition) is 3. The number of halogens is 2. The zero-order valence-electron chi connectivity index (χ0n) is 9.34. The van der Waals surface area contributed by atoms with Crippen molar-refractivity contribution in [3.63, 3.8) is 0 Å². The van der Waals surface area contributed by atoms with E-state index in [0.29, 0.717) is 17.0 Å². The van der Waals surface area contributed by atoms with Crippen molar-refractivity contribution < 1.29 is 9.90 Å². The van der Waals surface area contributed by atoms with E-state index in [1.807, 2.05) is 6.92 Å². The molecule has 0 unspecified atom stereocenters. The van der Waals surface area contributed by atoms with E-state index in [4.69, 9.17) is 28.9 Å². The first-order valence-corrected chi connectivity index (χ1v) is 5.92. The molecule has 0 aliphatic rings. The summed E-state index contributed by atoms with van der Waals surface area (Å²) in [5, 5.41) is 13.1. The molecule has 1 atom stereocenters. The number of phenolic OH excluding ortho intramolecular Hbond substituents is 1. The Kier molecular flexibility index (Phi) is 5.05. The van der Waals surface area contributed by atoms with Crippen LogP contribution in [0, 0.1) is 0 Å². The molecule has 0 aliphatic heterocycles. The molecule has 0 heterocycles. The van der Waals surface area contributed by atoms with Crippen LogP contribution in [-0.2, 0) is 4.79 Å². The molecule has 94 valence electrons. The molecule has 6 heteroatoms. The molecule has 4 nitrogen and oxygen atoms in total. The fraction of sp³-hybridized carbons (Fsp3) is 0.364. The van der Waals surface area contributed by atoms with Gasteiger partial charge in [0.25, 0.3) is 0 Å². The summed E-state index contributed by atoms with van der Waals surface area (Å²) in [5.41, 5.74) is 5.72. The first-order chi connectivity index (χ1) is 7.99. The van der Waals surface area contributed by atoms with Crippen LogP contribution < -0.4 is 11.1 Å². The second-order valence-corrected chi connectivity index (χ2v) is 4.40. The van der Waals surface area contributed by atoms with Gasteiger partial charge in [0.1, 0.15) is 5.75 Å². The van der Waals surface area contributed by atoms with E-state index in [0.717, 1.165) is 0 Å². The molecule has 0 fully saturated rings. The SMILES string of the molecule is CC[C@H](NC(=O)CN)c1cc(Cl)cc(Cl)c1O. The maximum atomic E-state index is 11.3. The first-order valence-electron chi connectivity index (χ1n) is 5.16. The van der Waals surface area contributed by atoms with Crippen molar-refractivity contribution in [2.24, 2.45) is 5.73 Å². The molecular weight excluding hydrogens is 263 g/mol. The Morgan fingerprint density at radius 2 is 2.18 bits per heavy atom. The van der Waals surface area contributed by atoms with Crippen LogP contribution in [0.2, 0.25) is 10.0 Å². The van der Waals surface area contributed by atoms with E-state index in [2.05, 4.69) is 5.32 Å². The number of phenols is 1. The molecule has 0 saturated carbocycles. The van der Waals surface area contributed by atoms with Crippen molar-refractivity contribution in [1.29, 1.82) is 0 Å². The molecule has 0 spiro atoms. The van der Waals surface area contributed by atoms with Crippen molar-refractivity contribution in [3.05, 3.63) is 27.7 Å². The van der Waals surface area contributed by atoms with Gasteiger partial charge in [-0.25, -0.2) is 0 Å². The van der Waals surface area contributed by atoms with E-state index >= 15 is 0 Å². The second kappa shape index (κ2) is 6.10. The van der Waals surface area contributed by atoms with Crippen LogP contribution in [0.4, 0.5) is 0 Å². The fourth-order valence-electron chi connectivity index (χ4n) is 1.50. The predicted molar refractivity (Wildman–Crippen MR) is 68.4 cm³/mol. The Morgan fingerprint density at radius 3 is 2.71 bits per heavy atom. The van der Waals surface area contributed by atoms with E-state index < -0.39 is 0 Å². The van der Waals surface area contributed by atoms with Crippen LogP contribution >= 0.6 is 23.2 Å². The first kappa shape index (κ1) is 14.1. The van der Waals surface area contributed by atoms with E-state index in [1.54, 1.807) is 6.07 Å². The summed E-state index contributed by atoms with van der Waals surface area (Å²) in [6, 6.07) is 2.66. The minimum Gasteiger partial charge on any atom is -0.506 e. The zero-order chi connectivity index (χ0) is 13.0. The van der Waals surface area contributed by atoms with Gasteiger partial charge in [-0.15, -0.1) is 0 Å². The van der Waals surface area contributed by atoms with Gasteiger partial charge in [0, 0.05) is 10.6 Å². The third-order valence-electron chi connectivity index (χ3n) is 2.36. The molecule has 1 aromatic rings. The van der Waals surface area contributed by atoms with Gasteiger partial charge in [0.2, 0.25) is 5.91 Å². The summed E-state index contributed by atoms with van der Waals surface area (Å²) < 4.78 is 0. The molecular formula is C11H14Cl2N2O2. The molecule has 4 N–H and O–H groups in total. The Labute approximate surface area is 110 Å². The van der Waals surface area contributed by atoms with Gasteiger partial charge in [-0.05, 0) is 18.6 Å². The number of carbonyl (C=O) groups is 1. The molecule has 0 saturated heterocycles. The Morgan fingerprint density at radius 1 is 1.53 bits per heavy atom.